The first-order valence-corrected chi connectivity index (χ1v) is 4.45. The van der Waals surface area contributed by atoms with Crippen LogP contribution in [-0.4, -0.2) is 30.7 Å². The molecule has 0 aromatic rings. The second kappa shape index (κ2) is 4.33. The molecule has 0 aromatic carbocycles. The summed E-state index contributed by atoms with van der Waals surface area (Å²) < 4.78 is 5.21. The van der Waals surface area contributed by atoms with E-state index in [1.165, 1.54) is 17.7 Å². The van der Waals surface area contributed by atoms with Crippen LogP contribution in [0, 0.1) is 6.92 Å². The van der Waals surface area contributed by atoms with Crippen LogP contribution in [0.5, 0.6) is 0 Å². The van der Waals surface area contributed by atoms with Gasteiger partial charge in [0.25, 0.3) is 0 Å². The van der Waals surface area contributed by atoms with Crippen molar-refractivity contribution >= 4 is 6.09 Å². The summed E-state index contributed by atoms with van der Waals surface area (Å²) in [6.45, 7) is 4.07. The van der Waals surface area contributed by atoms with Gasteiger partial charge in [0, 0.05) is 13.6 Å². The molecule has 12 heavy (non-hydrogen) atoms. The average Bonchev–Trinajstić information content (AvgIpc) is 2.55. The summed E-state index contributed by atoms with van der Waals surface area (Å²) in [4.78, 5) is 12.7. The molecule has 0 atom stereocenters. The summed E-state index contributed by atoms with van der Waals surface area (Å²) >= 11 is 0. The predicted octanol–water partition coefficient (Wildman–Crippen LogP) is 1.83. The van der Waals surface area contributed by atoms with Gasteiger partial charge in [-0.25, -0.2) is 4.79 Å². The number of carbonyl (C=O) groups is 1. The molecule has 69 valence electrons. The lowest BCUT2D eigenvalue weighted by molar-refractivity contribution is 0.0745. The molecule has 0 heterocycles. The van der Waals surface area contributed by atoms with Crippen molar-refractivity contribution in [2.24, 2.45) is 0 Å². The Morgan fingerprint density at radius 3 is 2.67 bits per heavy atom. The number of ether oxygens (including phenoxy) is 1. The molecule has 0 aromatic heterocycles. The molecule has 0 spiro atoms. The number of hydrogen-bond donors (Lipinski definition) is 0. The predicted molar refractivity (Wildman–Crippen MR) is 46.7 cm³/mol. The van der Waals surface area contributed by atoms with E-state index in [2.05, 4.69) is 6.92 Å². The normalized spacial score (nSPS) is 17.8. The fraction of sp³-hybridized carbons (Fsp3) is 0.778. The summed E-state index contributed by atoms with van der Waals surface area (Å²) in [6.07, 6.45) is 4.34. The van der Waals surface area contributed by atoms with Gasteiger partial charge in [0.1, 0.15) is 6.10 Å². The van der Waals surface area contributed by atoms with Crippen molar-refractivity contribution in [1.82, 2.24) is 4.90 Å². The highest BCUT2D eigenvalue weighted by atomic mass is 16.6. The minimum atomic E-state index is -0.239. The van der Waals surface area contributed by atoms with Gasteiger partial charge in [-0.15, -0.1) is 0 Å². The lowest BCUT2D eigenvalue weighted by atomic mass is 10.3. The number of nitrogens with zero attached hydrogens (tertiary/aromatic N) is 1. The maximum Gasteiger partial charge on any atom is 0.409 e. The van der Waals surface area contributed by atoms with Crippen molar-refractivity contribution in [2.45, 2.75) is 31.8 Å². The van der Waals surface area contributed by atoms with E-state index in [-0.39, 0.29) is 12.2 Å². The van der Waals surface area contributed by atoms with Gasteiger partial charge in [0.05, 0.1) is 0 Å². The van der Waals surface area contributed by atoms with E-state index in [1.54, 1.807) is 7.05 Å². The van der Waals surface area contributed by atoms with Crippen molar-refractivity contribution in [1.29, 1.82) is 0 Å². The van der Waals surface area contributed by atoms with E-state index in [0.29, 0.717) is 6.54 Å². The first-order valence-electron chi connectivity index (χ1n) is 4.45. The van der Waals surface area contributed by atoms with Gasteiger partial charge < -0.3 is 9.64 Å². The van der Waals surface area contributed by atoms with Gasteiger partial charge in [-0.3, -0.25) is 0 Å². The van der Waals surface area contributed by atoms with Crippen LogP contribution in [0.15, 0.2) is 0 Å². The third kappa shape index (κ3) is 2.40. The van der Waals surface area contributed by atoms with Gasteiger partial charge in [-0.1, -0.05) is 0 Å². The van der Waals surface area contributed by atoms with Gasteiger partial charge in [0.15, 0.2) is 0 Å². The maximum atomic E-state index is 11.2. The minimum Gasteiger partial charge on any atom is -0.446 e. The zero-order valence-corrected chi connectivity index (χ0v) is 7.58. The molecule has 1 fully saturated rings. The quantitative estimate of drug-likeness (QED) is 0.632. The molecule has 1 radical (unpaired) electrons. The zero-order valence-electron chi connectivity index (χ0n) is 7.58. The monoisotopic (exact) mass is 170 g/mol. The second-order valence-corrected chi connectivity index (χ2v) is 3.21. The van der Waals surface area contributed by atoms with Crippen LogP contribution < -0.4 is 0 Å². The van der Waals surface area contributed by atoms with Gasteiger partial charge in [-0.2, -0.15) is 0 Å². The standard InChI is InChI=1S/C9H16NO2/c1-3-10(2)9(11)12-8-6-4-5-7-8/h8H,1,3-7H2,2H3. The Balaban J connectivity index is 2.25. The Bertz CT molecular complexity index is 153. The Hall–Kier alpha value is -0.730. The fourth-order valence-electron chi connectivity index (χ4n) is 1.33. The number of carbonyl (C=O) groups excluding carboxylic acids is 1. The smallest absolute Gasteiger partial charge is 0.409 e. The van der Waals surface area contributed by atoms with Crippen LogP contribution >= 0.6 is 0 Å². The molecule has 1 aliphatic carbocycles. The van der Waals surface area contributed by atoms with Crippen molar-refractivity contribution in [3.63, 3.8) is 0 Å². The van der Waals surface area contributed by atoms with E-state index >= 15 is 0 Å². The molecule has 1 aliphatic rings. The molecular weight excluding hydrogens is 154 g/mol. The molecule has 1 saturated carbocycles. The van der Waals surface area contributed by atoms with Crippen LogP contribution in [0.25, 0.3) is 0 Å². The Morgan fingerprint density at radius 2 is 2.17 bits per heavy atom. The summed E-state index contributed by atoms with van der Waals surface area (Å²) in [6, 6.07) is 0. The number of rotatable bonds is 2. The van der Waals surface area contributed by atoms with Crippen molar-refractivity contribution in [2.75, 3.05) is 13.6 Å². The summed E-state index contributed by atoms with van der Waals surface area (Å²) in [7, 11) is 1.70. The van der Waals surface area contributed by atoms with Gasteiger partial charge in [-0.05, 0) is 32.6 Å². The molecule has 3 nitrogen and oxygen atoms in total. The maximum absolute atomic E-state index is 11.2. The molecule has 1 amide bonds. The first kappa shape index (κ1) is 9.36. The highest BCUT2D eigenvalue weighted by Gasteiger charge is 2.20. The van der Waals surface area contributed by atoms with Gasteiger partial charge in [0.2, 0.25) is 0 Å². The highest BCUT2D eigenvalue weighted by Crippen LogP contribution is 2.21. The van der Waals surface area contributed by atoms with Crippen molar-refractivity contribution in [3.05, 3.63) is 6.92 Å². The van der Waals surface area contributed by atoms with E-state index in [1.807, 2.05) is 0 Å². The number of amides is 1. The van der Waals surface area contributed by atoms with Crippen LogP contribution in [0.4, 0.5) is 4.79 Å². The SMILES string of the molecule is [CH2]CN(C)C(=O)OC1CCCC1. The summed E-state index contributed by atoms with van der Waals surface area (Å²) in [5.41, 5.74) is 0. The van der Waals surface area contributed by atoms with E-state index in [0.717, 1.165) is 12.8 Å². The van der Waals surface area contributed by atoms with Crippen molar-refractivity contribution in [3.8, 4) is 0 Å². The summed E-state index contributed by atoms with van der Waals surface area (Å²) in [5, 5.41) is 0. The van der Waals surface area contributed by atoms with Gasteiger partial charge >= 0.3 is 6.09 Å². The lowest BCUT2D eigenvalue weighted by Crippen LogP contribution is -2.30. The van der Waals surface area contributed by atoms with Crippen LogP contribution in [0.1, 0.15) is 25.7 Å². The molecule has 3 heteroatoms. The average molecular weight is 170 g/mol. The van der Waals surface area contributed by atoms with Crippen LogP contribution in [0.2, 0.25) is 0 Å². The lowest BCUT2D eigenvalue weighted by Gasteiger charge is -2.17. The third-order valence-corrected chi connectivity index (χ3v) is 2.22. The topological polar surface area (TPSA) is 29.5 Å². The van der Waals surface area contributed by atoms with E-state index in [9.17, 15) is 4.79 Å². The molecule has 0 unspecified atom stereocenters. The largest absolute Gasteiger partial charge is 0.446 e. The molecule has 0 N–H and O–H groups in total. The Kier molecular flexibility index (Phi) is 3.38. The summed E-state index contributed by atoms with van der Waals surface area (Å²) in [5.74, 6) is 0. The van der Waals surface area contributed by atoms with E-state index in [4.69, 9.17) is 4.74 Å². The Morgan fingerprint density at radius 1 is 1.58 bits per heavy atom. The molecule has 0 aliphatic heterocycles. The molecule has 0 bridgehead atoms. The molecule has 1 rings (SSSR count). The zero-order chi connectivity index (χ0) is 8.97. The molecular formula is C9H16NO2. The fourth-order valence-corrected chi connectivity index (χ4v) is 1.33. The van der Waals surface area contributed by atoms with E-state index < -0.39 is 0 Å². The van der Waals surface area contributed by atoms with Crippen LogP contribution in [0.3, 0.4) is 0 Å². The Labute approximate surface area is 73.7 Å². The number of hydrogen-bond acceptors (Lipinski definition) is 2. The minimum absolute atomic E-state index is 0.159. The second-order valence-electron chi connectivity index (χ2n) is 3.21. The van der Waals surface area contributed by atoms with Crippen molar-refractivity contribution < 1.29 is 9.53 Å². The van der Waals surface area contributed by atoms with Crippen LogP contribution in [-0.2, 0) is 4.74 Å². The third-order valence-electron chi connectivity index (χ3n) is 2.22. The first-order chi connectivity index (χ1) is 5.74. The molecule has 0 saturated heterocycles. The highest BCUT2D eigenvalue weighted by molar-refractivity contribution is 5.67.